The molecule has 0 unspecified atom stereocenters. The Labute approximate surface area is 105 Å². The minimum atomic E-state index is -3.79. The second-order valence-electron chi connectivity index (χ2n) is 3.71. The first-order valence-corrected chi connectivity index (χ1v) is 6.72. The molecule has 7 heteroatoms. The van der Waals surface area contributed by atoms with Gasteiger partial charge in [0, 0.05) is 0 Å². The molecule has 1 rings (SSSR count). The normalized spacial score (nSPS) is 12.7. The summed E-state index contributed by atoms with van der Waals surface area (Å²) in [6.45, 7) is 1.23. The largest absolute Gasteiger partial charge is 0.480 e. The molecule has 0 aliphatic heterocycles. The van der Waals surface area contributed by atoms with Crippen molar-refractivity contribution in [2.45, 2.75) is 18.7 Å². The average Bonchev–Trinajstić information content (AvgIpc) is 2.28. The molecule has 0 saturated carbocycles. The predicted octanol–water partition coefficient (Wildman–Crippen LogP) is 0.451. The van der Waals surface area contributed by atoms with Crippen molar-refractivity contribution >= 4 is 16.0 Å². The minimum absolute atomic E-state index is 0.255. The molecule has 0 aromatic heterocycles. The summed E-state index contributed by atoms with van der Waals surface area (Å²) in [5.41, 5.74) is 0.593. The molecule has 0 heterocycles. The molecule has 96 valence electrons. The molecular formula is C11H12N2O4S. The Bertz CT molecular complexity index is 589. The summed E-state index contributed by atoms with van der Waals surface area (Å²) < 4.78 is 25.4. The highest BCUT2D eigenvalue weighted by atomic mass is 32.2. The van der Waals surface area contributed by atoms with E-state index >= 15 is 0 Å². The molecule has 0 radical (unpaired) electrons. The van der Waals surface area contributed by atoms with Crippen LogP contribution in [0.1, 0.15) is 18.1 Å². The van der Waals surface area contributed by atoms with Gasteiger partial charge in [-0.05, 0) is 18.6 Å². The Morgan fingerprint density at radius 2 is 2.11 bits per heavy atom. The van der Waals surface area contributed by atoms with Gasteiger partial charge in [0.15, 0.2) is 0 Å². The molecule has 1 atom stereocenters. The van der Waals surface area contributed by atoms with Gasteiger partial charge in [-0.15, -0.1) is 0 Å². The lowest BCUT2D eigenvalue weighted by Crippen LogP contribution is -2.39. The van der Waals surface area contributed by atoms with Crippen LogP contribution in [0.4, 0.5) is 0 Å². The van der Waals surface area contributed by atoms with Crippen LogP contribution in [0.3, 0.4) is 0 Å². The molecule has 0 fully saturated rings. The number of sulfonamides is 1. The SMILES string of the molecule is C[C@@H](NS(=O)(=O)Cc1ccccc1C#N)C(=O)O. The van der Waals surface area contributed by atoms with E-state index in [1.807, 2.05) is 10.8 Å². The summed E-state index contributed by atoms with van der Waals surface area (Å²) in [7, 11) is -3.79. The van der Waals surface area contributed by atoms with Gasteiger partial charge in [-0.25, -0.2) is 13.1 Å². The zero-order valence-corrected chi connectivity index (χ0v) is 10.4. The maximum Gasteiger partial charge on any atom is 0.321 e. The Kier molecular flexibility index (Phi) is 4.42. The number of carboxylic acids is 1. The van der Waals surface area contributed by atoms with E-state index in [0.29, 0.717) is 5.56 Å². The summed E-state index contributed by atoms with van der Waals surface area (Å²) in [6.07, 6.45) is 0. The molecule has 2 N–H and O–H groups in total. The van der Waals surface area contributed by atoms with Crippen molar-refractivity contribution in [3.63, 3.8) is 0 Å². The van der Waals surface area contributed by atoms with Crippen molar-refractivity contribution in [2.24, 2.45) is 0 Å². The molecule has 1 aromatic rings. The molecule has 0 saturated heterocycles. The van der Waals surface area contributed by atoms with Crippen LogP contribution in [0.25, 0.3) is 0 Å². The lowest BCUT2D eigenvalue weighted by Gasteiger charge is -2.10. The van der Waals surface area contributed by atoms with E-state index in [1.54, 1.807) is 12.1 Å². The fourth-order valence-electron chi connectivity index (χ4n) is 1.32. The van der Waals surface area contributed by atoms with Crippen LogP contribution >= 0.6 is 0 Å². The molecule has 1 aromatic carbocycles. The lowest BCUT2D eigenvalue weighted by molar-refractivity contribution is -0.138. The van der Waals surface area contributed by atoms with Gasteiger partial charge in [-0.2, -0.15) is 5.26 Å². The Balaban J connectivity index is 2.90. The van der Waals surface area contributed by atoms with Gasteiger partial charge in [-0.3, -0.25) is 4.79 Å². The first kappa shape index (κ1) is 14.2. The summed E-state index contributed by atoms with van der Waals surface area (Å²) in [5, 5.41) is 17.5. The molecule has 0 bridgehead atoms. The van der Waals surface area contributed by atoms with Crippen LogP contribution in [-0.4, -0.2) is 25.5 Å². The number of nitriles is 1. The van der Waals surface area contributed by atoms with Crippen molar-refractivity contribution in [3.8, 4) is 6.07 Å². The average molecular weight is 268 g/mol. The number of nitrogens with zero attached hydrogens (tertiary/aromatic N) is 1. The third kappa shape index (κ3) is 3.84. The Morgan fingerprint density at radius 1 is 1.50 bits per heavy atom. The highest BCUT2D eigenvalue weighted by molar-refractivity contribution is 7.88. The molecule has 18 heavy (non-hydrogen) atoms. The zero-order chi connectivity index (χ0) is 13.8. The van der Waals surface area contributed by atoms with E-state index in [-0.39, 0.29) is 5.56 Å². The molecule has 0 aliphatic carbocycles. The number of aliphatic carboxylic acids is 1. The third-order valence-corrected chi connectivity index (χ3v) is 3.61. The number of carboxylic acid groups (broad SMARTS) is 1. The van der Waals surface area contributed by atoms with Gasteiger partial charge < -0.3 is 5.11 Å². The van der Waals surface area contributed by atoms with E-state index in [1.165, 1.54) is 19.1 Å². The Hall–Kier alpha value is -1.91. The summed E-state index contributed by atoms with van der Waals surface area (Å²) in [4.78, 5) is 10.6. The van der Waals surface area contributed by atoms with Gasteiger partial charge in [0.25, 0.3) is 0 Å². The van der Waals surface area contributed by atoms with Gasteiger partial charge in [0.1, 0.15) is 6.04 Å². The third-order valence-electron chi connectivity index (χ3n) is 2.21. The van der Waals surface area contributed by atoms with Crippen molar-refractivity contribution in [2.75, 3.05) is 0 Å². The maximum atomic E-state index is 11.7. The summed E-state index contributed by atoms with van der Waals surface area (Å²) in [6, 6.07) is 6.95. The summed E-state index contributed by atoms with van der Waals surface area (Å²) >= 11 is 0. The fraction of sp³-hybridized carbons (Fsp3) is 0.273. The van der Waals surface area contributed by atoms with Gasteiger partial charge in [-0.1, -0.05) is 18.2 Å². The van der Waals surface area contributed by atoms with Gasteiger partial charge in [0.05, 0.1) is 17.4 Å². The number of nitrogens with one attached hydrogen (secondary N) is 1. The van der Waals surface area contributed by atoms with Crippen molar-refractivity contribution in [3.05, 3.63) is 35.4 Å². The van der Waals surface area contributed by atoms with Crippen LogP contribution < -0.4 is 4.72 Å². The number of hydrogen-bond donors (Lipinski definition) is 2. The fourth-order valence-corrected chi connectivity index (χ4v) is 2.71. The van der Waals surface area contributed by atoms with E-state index in [4.69, 9.17) is 10.4 Å². The highest BCUT2D eigenvalue weighted by Gasteiger charge is 2.20. The van der Waals surface area contributed by atoms with E-state index in [9.17, 15) is 13.2 Å². The number of hydrogen-bond acceptors (Lipinski definition) is 4. The maximum absolute atomic E-state index is 11.7. The topological polar surface area (TPSA) is 107 Å². The zero-order valence-electron chi connectivity index (χ0n) is 9.62. The van der Waals surface area contributed by atoms with Crippen LogP contribution in [0.2, 0.25) is 0 Å². The number of benzene rings is 1. The molecule has 0 aliphatic rings. The van der Waals surface area contributed by atoms with Crippen molar-refractivity contribution in [1.29, 1.82) is 5.26 Å². The smallest absolute Gasteiger partial charge is 0.321 e. The number of rotatable bonds is 5. The quantitative estimate of drug-likeness (QED) is 0.806. The first-order valence-electron chi connectivity index (χ1n) is 5.06. The van der Waals surface area contributed by atoms with Gasteiger partial charge in [0.2, 0.25) is 10.0 Å². The highest BCUT2D eigenvalue weighted by Crippen LogP contribution is 2.11. The molecular weight excluding hydrogens is 256 g/mol. The van der Waals surface area contributed by atoms with Crippen LogP contribution in [-0.2, 0) is 20.6 Å². The minimum Gasteiger partial charge on any atom is -0.480 e. The monoisotopic (exact) mass is 268 g/mol. The first-order chi connectivity index (χ1) is 8.35. The van der Waals surface area contributed by atoms with Crippen molar-refractivity contribution in [1.82, 2.24) is 4.72 Å². The van der Waals surface area contributed by atoms with Crippen LogP contribution in [0, 0.1) is 11.3 Å². The van der Waals surface area contributed by atoms with Crippen LogP contribution in [0.5, 0.6) is 0 Å². The van der Waals surface area contributed by atoms with Gasteiger partial charge >= 0.3 is 5.97 Å². The van der Waals surface area contributed by atoms with E-state index < -0.39 is 27.8 Å². The van der Waals surface area contributed by atoms with E-state index in [2.05, 4.69) is 0 Å². The van der Waals surface area contributed by atoms with Crippen molar-refractivity contribution < 1.29 is 18.3 Å². The summed E-state index contributed by atoms with van der Waals surface area (Å²) in [5.74, 6) is -1.68. The molecule has 0 amide bonds. The second kappa shape index (κ2) is 5.62. The lowest BCUT2D eigenvalue weighted by atomic mass is 10.1. The van der Waals surface area contributed by atoms with Crippen LogP contribution in [0.15, 0.2) is 24.3 Å². The molecule has 0 spiro atoms. The standard InChI is InChI=1S/C11H12N2O4S/c1-8(11(14)15)13-18(16,17)7-10-5-3-2-4-9(10)6-12/h2-5,8,13H,7H2,1H3,(H,14,15)/t8-/m1/s1. The molecule has 6 nitrogen and oxygen atoms in total. The second-order valence-corrected chi connectivity index (χ2v) is 5.46. The predicted molar refractivity (Wildman–Crippen MR) is 64.0 cm³/mol. The van der Waals surface area contributed by atoms with E-state index in [0.717, 1.165) is 0 Å². The number of carbonyl (C=O) groups is 1. The Morgan fingerprint density at radius 3 is 2.67 bits per heavy atom.